The number of nitrogens with one attached hydrogen (secondary N) is 3. The fourth-order valence-electron chi connectivity index (χ4n) is 6.45. The van der Waals surface area contributed by atoms with Gasteiger partial charge in [0.15, 0.2) is 0 Å². The van der Waals surface area contributed by atoms with E-state index in [2.05, 4.69) is 25.8 Å². The number of ether oxygens (including phenoxy) is 3. The second-order valence-corrected chi connectivity index (χ2v) is 13.3. The summed E-state index contributed by atoms with van der Waals surface area (Å²) in [7, 11) is 1.62. The first-order valence-electron chi connectivity index (χ1n) is 18.0. The molecule has 3 amide bonds. The van der Waals surface area contributed by atoms with Gasteiger partial charge in [-0.25, -0.2) is 4.39 Å². The van der Waals surface area contributed by atoms with Crippen LogP contribution in [0.25, 0.3) is 10.9 Å². The van der Waals surface area contributed by atoms with Gasteiger partial charge < -0.3 is 35.1 Å². The highest BCUT2D eigenvalue weighted by atomic mass is 19.1. The molecule has 3 aromatic carbocycles. The number of methoxy groups -OCH3 is 1. The van der Waals surface area contributed by atoms with Crippen LogP contribution in [0.15, 0.2) is 72.9 Å². The molecule has 278 valence electrons. The van der Waals surface area contributed by atoms with E-state index in [0.717, 1.165) is 23.0 Å². The average molecular weight is 726 g/mol. The van der Waals surface area contributed by atoms with Crippen molar-refractivity contribution in [3.63, 3.8) is 0 Å². The van der Waals surface area contributed by atoms with Crippen molar-refractivity contribution in [2.45, 2.75) is 51.9 Å². The standard InChI is InChI=1S/C40H44FN5O7/c1-3-52-36(47)6-4-5-20-43-37(48)26-16-22-46(23-17-26)33-25-32-31(24-35(33)51-2)34(15-21-42-32)53-30-13-11-29(12-14-30)45-39(50)40(18-19-40)38(49)44-28-9-7-27(41)8-10-28/h7-15,21,24-26H,3-6,16-20,22-23H2,1-2H3,(H,43,48)(H,44,49)(H,45,50). The summed E-state index contributed by atoms with van der Waals surface area (Å²) < 4.78 is 30.3. The van der Waals surface area contributed by atoms with Crippen molar-refractivity contribution in [2.24, 2.45) is 11.3 Å². The Morgan fingerprint density at radius 3 is 2.17 bits per heavy atom. The number of unbranched alkanes of at least 4 members (excludes halogenated alkanes) is 1. The van der Waals surface area contributed by atoms with E-state index in [1.807, 2.05) is 12.1 Å². The number of rotatable bonds is 15. The van der Waals surface area contributed by atoms with Crippen molar-refractivity contribution < 1.29 is 37.8 Å². The molecular formula is C40H44FN5O7. The van der Waals surface area contributed by atoms with E-state index < -0.39 is 23.0 Å². The molecule has 0 unspecified atom stereocenters. The number of aromatic nitrogens is 1. The Kier molecular flexibility index (Phi) is 11.7. The summed E-state index contributed by atoms with van der Waals surface area (Å²) in [5, 5.41) is 9.32. The van der Waals surface area contributed by atoms with E-state index in [1.165, 1.54) is 24.3 Å². The fraction of sp³-hybridized carbons (Fsp3) is 0.375. The van der Waals surface area contributed by atoms with Gasteiger partial charge in [-0.15, -0.1) is 0 Å². The molecule has 1 aromatic heterocycles. The Bertz CT molecular complexity index is 1940. The zero-order valence-electron chi connectivity index (χ0n) is 29.9. The third kappa shape index (κ3) is 9.02. The molecule has 0 bridgehead atoms. The van der Waals surface area contributed by atoms with Crippen LogP contribution < -0.4 is 30.3 Å². The Morgan fingerprint density at radius 2 is 1.55 bits per heavy atom. The van der Waals surface area contributed by atoms with Crippen LogP contribution >= 0.6 is 0 Å². The van der Waals surface area contributed by atoms with E-state index in [0.29, 0.717) is 93.4 Å². The molecule has 6 rings (SSSR count). The van der Waals surface area contributed by atoms with Gasteiger partial charge in [-0.1, -0.05) is 0 Å². The Morgan fingerprint density at radius 1 is 0.887 bits per heavy atom. The predicted octanol–water partition coefficient (Wildman–Crippen LogP) is 6.60. The van der Waals surface area contributed by atoms with Gasteiger partial charge in [-0.2, -0.15) is 0 Å². The average Bonchev–Trinajstić information content (AvgIpc) is 3.99. The molecule has 3 N–H and O–H groups in total. The number of halogens is 1. The molecule has 1 saturated carbocycles. The number of anilines is 3. The van der Waals surface area contributed by atoms with Gasteiger partial charge in [0.1, 0.15) is 28.5 Å². The van der Waals surface area contributed by atoms with Crippen LogP contribution in [0.3, 0.4) is 0 Å². The quantitative estimate of drug-likeness (QED) is 0.0701. The molecule has 2 fully saturated rings. The number of hydrogen-bond acceptors (Lipinski definition) is 9. The van der Waals surface area contributed by atoms with Crippen molar-refractivity contribution in [1.82, 2.24) is 10.3 Å². The molecular weight excluding hydrogens is 681 g/mol. The maximum Gasteiger partial charge on any atom is 0.305 e. The number of carbonyl (C=O) groups is 4. The lowest BCUT2D eigenvalue weighted by Gasteiger charge is -2.34. The zero-order valence-corrected chi connectivity index (χ0v) is 29.9. The van der Waals surface area contributed by atoms with Crippen LogP contribution in [-0.2, 0) is 23.9 Å². The molecule has 0 atom stereocenters. The molecule has 13 heteroatoms. The number of fused-ring (bicyclic) bond motifs is 1. The van der Waals surface area contributed by atoms with Gasteiger partial charge in [0.05, 0.1) is 24.9 Å². The number of amides is 3. The molecule has 4 aromatic rings. The lowest BCUT2D eigenvalue weighted by molar-refractivity contribution is -0.143. The summed E-state index contributed by atoms with van der Waals surface area (Å²) >= 11 is 0. The van der Waals surface area contributed by atoms with Crippen molar-refractivity contribution in [2.75, 3.05) is 48.9 Å². The summed E-state index contributed by atoms with van der Waals surface area (Å²) in [5.41, 5.74) is 1.38. The van der Waals surface area contributed by atoms with Gasteiger partial charge in [-0.3, -0.25) is 24.2 Å². The number of nitrogens with zero attached hydrogens (tertiary/aromatic N) is 2. The topological polar surface area (TPSA) is 148 Å². The highest BCUT2D eigenvalue weighted by molar-refractivity contribution is 6.16. The van der Waals surface area contributed by atoms with Crippen LogP contribution in [0.5, 0.6) is 17.2 Å². The lowest BCUT2D eigenvalue weighted by atomic mass is 9.95. The van der Waals surface area contributed by atoms with Gasteiger partial charge in [0.2, 0.25) is 17.7 Å². The molecule has 1 aliphatic heterocycles. The summed E-state index contributed by atoms with van der Waals surface area (Å²) in [6.45, 7) is 4.06. The maximum atomic E-state index is 13.3. The smallest absolute Gasteiger partial charge is 0.305 e. The summed E-state index contributed by atoms with van der Waals surface area (Å²) in [6, 6.07) is 17.9. The van der Waals surface area contributed by atoms with E-state index in [9.17, 15) is 23.6 Å². The van der Waals surface area contributed by atoms with Gasteiger partial charge in [0, 0.05) is 54.9 Å². The van der Waals surface area contributed by atoms with Crippen LogP contribution in [0.4, 0.5) is 21.5 Å². The second kappa shape index (κ2) is 16.7. The SMILES string of the molecule is CCOC(=O)CCCCNC(=O)C1CCN(c2cc3nccc(Oc4ccc(NC(=O)C5(C(=O)Nc6ccc(F)cc6)CC5)cc4)c3cc2OC)CC1. The molecule has 0 radical (unpaired) electrons. The molecule has 2 aliphatic rings. The molecule has 1 saturated heterocycles. The zero-order chi connectivity index (χ0) is 37.4. The van der Waals surface area contributed by atoms with Gasteiger partial charge in [0.25, 0.3) is 0 Å². The van der Waals surface area contributed by atoms with Crippen molar-refractivity contribution in [3.8, 4) is 17.2 Å². The summed E-state index contributed by atoms with van der Waals surface area (Å²) in [5.74, 6) is 0.291. The van der Waals surface area contributed by atoms with E-state index in [1.54, 1.807) is 50.6 Å². The van der Waals surface area contributed by atoms with Crippen LogP contribution in [-0.4, -0.2) is 62.0 Å². The number of benzene rings is 3. The third-order valence-corrected chi connectivity index (χ3v) is 9.68. The van der Waals surface area contributed by atoms with E-state index in [-0.39, 0.29) is 17.8 Å². The fourth-order valence-corrected chi connectivity index (χ4v) is 6.45. The van der Waals surface area contributed by atoms with E-state index in [4.69, 9.17) is 14.2 Å². The summed E-state index contributed by atoms with van der Waals surface area (Å²) in [4.78, 5) is 57.2. The van der Waals surface area contributed by atoms with Crippen molar-refractivity contribution in [1.29, 1.82) is 0 Å². The van der Waals surface area contributed by atoms with E-state index >= 15 is 0 Å². The first kappa shape index (κ1) is 37.1. The molecule has 0 spiro atoms. The van der Waals surface area contributed by atoms with Gasteiger partial charge >= 0.3 is 5.97 Å². The molecule has 12 nitrogen and oxygen atoms in total. The molecule has 2 heterocycles. The largest absolute Gasteiger partial charge is 0.495 e. The Labute approximate surface area is 307 Å². The number of hydrogen-bond donors (Lipinski definition) is 3. The first-order valence-corrected chi connectivity index (χ1v) is 18.0. The van der Waals surface area contributed by atoms with Gasteiger partial charge in [-0.05, 0) is 112 Å². The highest BCUT2D eigenvalue weighted by Crippen LogP contribution is 2.47. The number of esters is 1. The molecule has 53 heavy (non-hydrogen) atoms. The number of piperidine rings is 1. The second-order valence-electron chi connectivity index (χ2n) is 13.3. The summed E-state index contributed by atoms with van der Waals surface area (Å²) in [6.07, 6.45) is 5.69. The number of carbonyl (C=O) groups excluding carboxylic acids is 4. The Hall–Kier alpha value is -5.72. The molecule has 1 aliphatic carbocycles. The Balaban J connectivity index is 1.03. The lowest BCUT2D eigenvalue weighted by Crippen LogP contribution is -2.41. The van der Waals surface area contributed by atoms with Crippen molar-refractivity contribution in [3.05, 3.63) is 78.7 Å². The highest BCUT2D eigenvalue weighted by Gasteiger charge is 2.56. The minimum Gasteiger partial charge on any atom is -0.495 e. The third-order valence-electron chi connectivity index (χ3n) is 9.68. The predicted molar refractivity (Wildman–Crippen MR) is 199 cm³/mol. The minimum absolute atomic E-state index is 0.0443. The first-order chi connectivity index (χ1) is 25.7. The maximum absolute atomic E-state index is 13.3. The van der Waals surface area contributed by atoms with Crippen LogP contribution in [0.2, 0.25) is 0 Å². The van der Waals surface area contributed by atoms with Crippen LogP contribution in [0, 0.1) is 17.2 Å². The normalized spacial score (nSPS) is 15.0. The monoisotopic (exact) mass is 725 g/mol. The van der Waals surface area contributed by atoms with Crippen LogP contribution in [0.1, 0.15) is 51.9 Å². The number of pyridine rings is 1. The minimum atomic E-state index is -1.17. The van der Waals surface area contributed by atoms with Crippen molar-refractivity contribution >= 4 is 51.7 Å².